The summed E-state index contributed by atoms with van der Waals surface area (Å²) in [6.07, 6.45) is 2.42. The molecule has 0 aromatic heterocycles. The second-order valence-electron chi connectivity index (χ2n) is 1.78. The lowest BCUT2D eigenvalue weighted by Gasteiger charge is -1.89. The summed E-state index contributed by atoms with van der Waals surface area (Å²) in [5.74, 6) is -0.341. The van der Waals surface area contributed by atoms with Gasteiger partial charge in [0, 0.05) is 12.5 Å². The van der Waals surface area contributed by atoms with Gasteiger partial charge in [-0.3, -0.25) is 0 Å². The van der Waals surface area contributed by atoms with Crippen molar-refractivity contribution in [3.05, 3.63) is 11.6 Å². The first-order valence-corrected chi connectivity index (χ1v) is 2.63. The van der Waals surface area contributed by atoms with Gasteiger partial charge < -0.3 is 9.53 Å². The van der Waals surface area contributed by atoms with Crippen LogP contribution >= 0.6 is 0 Å². The highest BCUT2D eigenvalue weighted by Crippen LogP contribution is 2.07. The van der Waals surface area contributed by atoms with E-state index in [9.17, 15) is 9.59 Å². The quantitative estimate of drug-likeness (QED) is 0.388. The number of rotatable bonds is 2. The molecule has 0 aromatic carbocycles. The first-order valence-electron chi connectivity index (χ1n) is 2.63. The number of cyclic esters (lactones) is 1. The largest absolute Gasteiger partial charge is 0.458 e. The molecular weight excluding hydrogens is 120 g/mol. The van der Waals surface area contributed by atoms with Crippen molar-refractivity contribution in [1.29, 1.82) is 0 Å². The summed E-state index contributed by atoms with van der Waals surface area (Å²) in [5.41, 5.74) is 0.759. The van der Waals surface area contributed by atoms with E-state index in [1.807, 2.05) is 0 Å². The van der Waals surface area contributed by atoms with E-state index in [2.05, 4.69) is 4.74 Å². The van der Waals surface area contributed by atoms with E-state index in [4.69, 9.17) is 0 Å². The first-order chi connectivity index (χ1) is 4.33. The van der Waals surface area contributed by atoms with E-state index in [1.165, 1.54) is 6.08 Å². The number of carbonyl (C=O) groups excluding carboxylic acids is 2. The van der Waals surface area contributed by atoms with Crippen molar-refractivity contribution < 1.29 is 14.3 Å². The van der Waals surface area contributed by atoms with Crippen LogP contribution < -0.4 is 0 Å². The number of hydrogen-bond acceptors (Lipinski definition) is 3. The topological polar surface area (TPSA) is 43.4 Å². The van der Waals surface area contributed by atoms with Crippen LogP contribution in [0.5, 0.6) is 0 Å². The Labute approximate surface area is 52.3 Å². The minimum absolute atomic E-state index is 0.289. The fourth-order valence-electron chi connectivity index (χ4n) is 0.639. The Kier molecular flexibility index (Phi) is 1.63. The highest BCUT2D eigenvalue weighted by atomic mass is 16.5. The second-order valence-corrected chi connectivity index (χ2v) is 1.78. The van der Waals surface area contributed by atoms with Gasteiger partial charge in [0.25, 0.3) is 0 Å². The summed E-state index contributed by atoms with van der Waals surface area (Å²) < 4.78 is 4.53. The highest BCUT2D eigenvalue weighted by molar-refractivity contribution is 5.86. The van der Waals surface area contributed by atoms with Crippen LogP contribution in [0.2, 0.25) is 0 Å². The molecule has 0 aromatic rings. The zero-order valence-corrected chi connectivity index (χ0v) is 4.79. The van der Waals surface area contributed by atoms with Crippen LogP contribution in [0, 0.1) is 0 Å². The Bertz CT molecular complexity index is 169. The van der Waals surface area contributed by atoms with E-state index in [1.54, 1.807) is 0 Å². The zero-order chi connectivity index (χ0) is 6.69. The lowest BCUT2D eigenvalue weighted by Crippen LogP contribution is -1.91. The zero-order valence-electron chi connectivity index (χ0n) is 4.79. The molecule has 3 heteroatoms. The Morgan fingerprint density at radius 3 is 3.00 bits per heavy atom. The van der Waals surface area contributed by atoms with E-state index in [0.717, 1.165) is 11.9 Å². The summed E-state index contributed by atoms with van der Waals surface area (Å²) in [4.78, 5) is 20.2. The number of hydrogen-bond donors (Lipinski definition) is 0. The molecule has 1 aliphatic heterocycles. The minimum atomic E-state index is -0.341. The molecule has 3 nitrogen and oxygen atoms in total. The molecule has 0 saturated carbocycles. The van der Waals surface area contributed by atoms with Gasteiger partial charge in [0.05, 0.1) is 0 Å². The van der Waals surface area contributed by atoms with Gasteiger partial charge in [-0.05, 0) is 5.57 Å². The molecule has 0 saturated heterocycles. The fourth-order valence-corrected chi connectivity index (χ4v) is 0.639. The molecule has 0 amide bonds. The molecule has 0 unspecified atom stereocenters. The standard InChI is InChI=1S/C6H6O3/c7-2-1-5-3-6(8)9-4-5/h2-3H,1,4H2. The van der Waals surface area contributed by atoms with Crippen molar-refractivity contribution in [3.8, 4) is 0 Å². The lowest BCUT2D eigenvalue weighted by molar-refractivity contribution is -0.135. The molecule has 1 rings (SSSR count). The van der Waals surface area contributed by atoms with Crippen LogP contribution in [0.3, 0.4) is 0 Å². The summed E-state index contributed by atoms with van der Waals surface area (Å²) in [6, 6.07) is 0. The Morgan fingerprint density at radius 2 is 2.56 bits per heavy atom. The van der Waals surface area contributed by atoms with E-state index in [0.29, 0.717) is 6.42 Å². The molecule has 0 fully saturated rings. The fraction of sp³-hybridized carbons (Fsp3) is 0.333. The van der Waals surface area contributed by atoms with Crippen molar-refractivity contribution in [2.75, 3.05) is 6.61 Å². The third kappa shape index (κ3) is 1.38. The van der Waals surface area contributed by atoms with Gasteiger partial charge in [0.15, 0.2) is 0 Å². The maximum Gasteiger partial charge on any atom is 0.331 e. The highest BCUT2D eigenvalue weighted by Gasteiger charge is 2.10. The van der Waals surface area contributed by atoms with Crippen LogP contribution in [-0.2, 0) is 14.3 Å². The van der Waals surface area contributed by atoms with E-state index >= 15 is 0 Å². The normalized spacial score (nSPS) is 16.9. The lowest BCUT2D eigenvalue weighted by atomic mass is 10.2. The van der Waals surface area contributed by atoms with Crippen molar-refractivity contribution in [1.82, 2.24) is 0 Å². The molecule has 48 valence electrons. The van der Waals surface area contributed by atoms with Crippen molar-refractivity contribution in [3.63, 3.8) is 0 Å². The molecule has 1 heterocycles. The molecule has 0 spiro atoms. The smallest absolute Gasteiger partial charge is 0.331 e. The predicted octanol–water partition coefficient (Wildman–Crippen LogP) is 0.0586. The minimum Gasteiger partial charge on any atom is -0.458 e. The number of ether oxygens (including phenoxy) is 1. The summed E-state index contributed by atoms with van der Waals surface area (Å²) in [6.45, 7) is 0.289. The molecule has 0 N–H and O–H groups in total. The van der Waals surface area contributed by atoms with Crippen molar-refractivity contribution in [2.45, 2.75) is 6.42 Å². The van der Waals surface area contributed by atoms with Gasteiger partial charge in [-0.15, -0.1) is 0 Å². The molecule has 0 atom stereocenters. The number of aldehydes is 1. The third-order valence-corrected chi connectivity index (χ3v) is 1.07. The van der Waals surface area contributed by atoms with Gasteiger partial charge in [-0.25, -0.2) is 4.79 Å². The summed E-state index contributed by atoms with van der Waals surface area (Å²) >= 11 is 0. The molecule has 0 bridgehead atoms. The Morgan fingerprint density at radius 1 is 1.78 bits per heavy atom. The third-order valence-electron chi connectivity index (χ3n) is 1.07. The van der Waals surface area contributed by atoms with Gasteiger partial charge >= 0.3 is 5.97 Å². The maximum atomic E-state index is 10.3. The number of carbonyl (C=O) groups is 2. The molecular formula is C6H6O3. The first kappa shape index (κ1) is 6.01. The average molecular weight is 126 g/mol. The van der Waals surface area contributed by atoms with Crippen LogP contribution in [0.1, 0.15) is 6.42 Å². The molecule has 1 aliphatic rings. The average Bonchev–Trinajstić information content (AvgIpc) is 2.17. The monoisotopic (exact) mass is 126 g/mol. The number of esters is 1. The van der Waals surface area contributed by atoms with Gasteiger partial charge in [-0.1, -0.05) is 0 Å². The Balaban J connectivity index is 2.51. The molecule has 0 aliphatic carbocycles. The van der Waals surface area contributed by atoms with Gasteiger partial charge in [0.2, 0.25) is 0 Å². The maximum absolute atomic E-state index is 10.3. The van der Waals surface area contributed by atoms with Gasteiger partial charge in [-0.2, -0.15) is 0 Å². The van der Waals surface area contributed by atoms with E-state index in [-0.39, 0.29) is 12.6 Å². The van der Waals surface area contributed by atoms with Crippen molar-refractivity contribution >= 4 is 12.3 Å². The van der Waals surface area contributed by atoms with Crippen LogP contribution in [0.4, 0.5) is 0 Å². The Hall–Kier alpha value is -1.12. The SMILES string of the molecule is O=CCC1=CC(=O)OC1. The second kappa shape index (κ2) is 2.44. The van der Waals surface area contributed by atoms with E-state index < -0.39 is 0 Å². The predicted molar refractivity (Wildman–Crippen MR) is 29.7 cm³/mol. The summed E-state index contributed by atoms with van der Waals surface area (Å²) in [5, 5.41) is 0. The van der Waals surface area contributed by atoms with Crippen molar-refractivity contribution in [2.24, 2.45) is 0 Å². The van der Waals surface area contributed by atoms with Crippen LogP contribution in [0.25, 0.3) is 0 Å². The van der Waals surface area contributed by atoms with Gasteiger partial charge in [0.1, 0.15) is 12.9 Å². The summed E-state index contributed by atoms with van der Waals surface area (Å²) in [7, 11) is 0. The van der Waals surface area contributed by atoms with Crippen LogP contribution in [-0.4, -0.2) is 18.9 Å². The molecule has 9 heavy (non-hydrogen) atoms. The molecule has 0 radical (unpaired) electrons. The van der Waals surface area contributed by atoms with Crippen LogP contribution in [0.15, 0.2) is 11.6 Å².